The second kappa shape index (κ2) is 4.33. The van der Waals surface area contributed by atoms with Crippen molar-refractivity contribution in [1.29, 1.82) is 0 Å². The molecule has 0 radical (unpaired) electrons. The maximum absolute atomic E-state index is 12.5. The number of hydrogen-bond donors (Lipinski definition) is 1. The minimum atomic E-state index is -4.27. The zero-order valence-corrected chi connectivity index (χ0v) is 9.67. The van der Waals surface area contributed by atoms with Crippen LogP contribution in [0.3, 0.4) is 0 Å². The van der Waals surface area contributed by atoms with Crippen LogP contribution >= 0.6 is 0 Å². The maximum atomic E-state index is 12.5. The van der Waals surface area contributed by atoms with E-state index in [4.69, 9.17) is 5.73 Å². The lowest BCUT2D eigenvalue weighted by Gasteiger charge is -2.13. The Morgan fingerprint density at radius 3 is 2.59 bits per heavy atom. The molecule has 1 aromatic carbocycles. The van der Waals surface area contributed by atoms with Gasteiger partial charge in [-0.2, -0.15) is 13.2 Å². The minimum absolute atomic E-state index is 0.0199. The number of hydrogen-bond acceptors (Lipinski definition) is 1. The third-order valence-corrected chi connectivity index (χ3v) is 3.45. The third-order valence-electron chi connectivity index (χ3n) is 3.45. The zero-order chi connectivity index (χ0) is 12.6. The van der Waals surface area contributed by atoms with Gasteiger partial charge in [0.15, 0.2) is 0 Å². The van der Waals surface area contributed by atoms with Gasteiger partial charge in [-0.05, 0) is 36.3 Å². The van der Waals surface area contributed by atoms with Crippen LogP contribution in [0.15, 0.2) is 24.3 Å². The molecule has 94 valence electrons. The smallest absolute Gasteiger partial charge is 0.327 e. The Bertz CT molecular complexity index is 400. The average Bonchev–Trinajstić information content (AvgIpc) is 2.95. The second-order valence-electron chi connectivity index (χ2n) is 4.94. The normalized spacial score (nSPS) is 25.7. The molecule has 2 N–H and O–H groups in total. The van der Waals surface area contributed by atoms with Gasteiger partial charge < -0.3 is 5.73 Å². The van der Waals surface area contributed by atoms with Crippen molar-refractivity contribution < 1.29 is 13.2 Å². The Hall–Kier alpha value is -1.03. The van der Waals surface area contributed by atoms with E-state index in [9.17, 15) is 13.2 Å². The van der Waals surface area contributed by atoms with E-state index in [-0.39, 0.29) is 6.04 Å². The van der Waals surface area contributed by atoms with E-state index >= 15 is 0 Å². The summed E-state index contributed by atoms with van der Waals surface area (Å²) >= 11 is 0. The summed E-state index contributed by atoms with van der Waals surface area (Å²) < 4.78 is 37.5. The van der Waals surface area contributed by atoms with E-state index in [1.54, 1.807) is 6.07 Å². The molecular weight excluding hydrogens is 227 g/mol. The van der Waals surface area contributed by atoms with Crippen LogP contribution in [0.1, 0.15) is 24.5 Å². The molecule has 0 spiro atoms. The highest BCUT2D eigenvalue weighted by atomic mass is 19.4. The zero-order valence-electron chi connectivity index (χ0n) is 9.67. The molecule has 1 fully saturated rings. The molecule has 17 heavy (non-hydrogen) atoms. The summed E-state index contributed by atoms with van der Waals surface area (Å²) in [6, 6.07) is 5.43. The lowest BCUT2D eigenvalue weighted by atomic mass is 10.00. The molecule has 2 rings (SSSR count). The highest BCUT2D eigenvalue weighted by molar-refractivity contribution is 5.26. The Morgan fingerprint density at radius 2 is 2.06 bits per heavy atom. The van der Waals surface area contributed by atoms with Crippen molar-refractivity contribution in [2.75, 3.05) is 0 Å². The van der Waals surface area contributed by atoms with Crippen LogP contribution in [0.4, 0.5) is 13.2 Å². The first-order valence-electron chi connectivity index (χ1n) is 5.79. The molecule has 0 aliphatic heterocycles. The van der Waals surface area contributed by atoms with Crippen LogP contribution in [-0.4, -0.2) is 6.04 Å². The van der Waals surface area contributed by atoms with Gasteiger partial charge in [0.2, 0.25) is 0 Å². The molecule has 3 atom stereocenters. The largest absolute Gasteiger partial charge is 0.416 e. The minimum Gasteiger partial charge on any atom is -0.327 e. The summed E-state index contributed by atoms with van der Waals surface area (Å²) in [4.78, 5) is 0. The second-order valence-corrected chi connectivity index (χ2v) is 4.94. The Labute approximate surface area is 98.8 Å². The van der Waals surface area contributed by atoms with Crippen LogP contribution in [-0.2, 0) is 12.6 Å². The van der Waals surface area contributed by atoms with Gasteiger partial charge in [0.05, 0.1) is 5.56 Å². The van der Waals surface area contributed by atoms with E-state index in [2.05, 4.69) is 6.92 Å². The maximum Gasteiger partial charge on any atom is 0.416 e. The average molecular weight is 243 g/mol. The molecular formula is C13H16F3N. The van der Waals surface area contributed by atoms with Crippen LogP contribution in [0.5, 0.6) is 0 Å². The first-order chi connectivity index (χ1) is 7.88. The summed E-state index contributed by atoms with van der Waals surface area (Å²) in [5.41, 5.74) is 6.06. The van der Waals surface area contributed by atoms with E-state index in [1.165, 1.54) is 12.1 Å². The quantitative estimate of drug-likeness (QED) is 0.866. The lowest BCUT2D eigenvalue weighted by molar-refractivity contribution is -0.137. The first-order valence-corrected chi connectivity index (χ1v) is 5.79. The fourth-order valence-corrected chi connectivity index (χ4v) is 2.25. The molecule has 1 aliphatic rings. The van der Waals surface area contributed by atoms with E-state index in [0.717, 1.165) is 12.5 Å². The van der Waals surface area contributed by atoms with Crippen molar-refractivity contribution in [1.82, 2.24) is 0 Å². The van der Waals surface area contributed by atoms with Crippen molar-refractivity contribution in [2.45, 2.75) is 32.0 Å². The Morgan fingerprint density at radius 1 is 1.41 bits per heavy atom. The number of alkyl halides is 3. The van der Waals surface area contributed by atoms with Crippen molar-refractivity contribution in [3.8, 4) is 0 Å². The van der Waals surface area contributed by atoms with Gasteiger partial charge in [0.1, 0.15) is 0 Å². The van der Waals surface area contributed by atoms with Crippen LogP contribution in [0.25, 0.3) is 0 Å². The van der Waals surface area contributed by atoms with Gasteiger partial charge in [0.25, 0.3) is 0 Å². The number of benzene rings is 1. The lowest BCUT2D eigenvalue weighted by Crippen LogP contribution is -2.26. The SMILES string of the molecule is CC1CC1C(N)Cc1cccc(C(F)(F)F)c1. The molecule has 4 heteroatoms. The molecule has 3 unspecified atom stereocenters. The monoisotopic (exact) mass is 243 g/mol. The molecule has 1 aliphatic carbocycles. The molecule has 0 aromatic heterocycles. The first kappa shape index (κ1) is 12.4. The van der Waals surface area contributed by atoms with Crippen molar-refractivity contribution in [2.24, 2.45) is 17.6 Å². The summed E-state index contributed by atoms with van der Waals surface area (Å²) in [6.07, 6.45) is -2.65. The highest BCUT2D eigenvalue weighted by Gasteiger charge is 2.37. The molecule has 1 aromatic rings. The van der Waals surface area contributed by atoms with Gasteiger partial charge in [-0.15, -0.1) is 0 Å². The van der Waals surface area contributed by atoms with E-state index < -0.39 is 11.7 Å². The number of halogens is 3. The summed E-state index contributed by atoms with van der Waals surface area (Å²) in [5, 5.41) is 0. The van der Waals surface area contributed by atoms with Gasteiger partial charge >= 0.3 is 6.18 Å². The van der Waals surface area contributed by atoms with Crippen LogP contribution < -0.4 is 5.73 Å². The van der Waals surface area contributed by atoms with Gasteiger partial charge in [0, 0.05) is 6.04 Å². The van der Waals surface area contributed by atoms with Crippen molar-refractivity contribution in [3.05, 3.63) is 35.4 Å². The molecule has 1 saturated carbocycles. The fourth-order valence-electron chi connectivity index (χ4n) is 2.25. The van der Waals surface area contributed by atoms with Gasteiger partial charge in [-0.25, -0.2) is 0 Å². The number of rotatable bonds is 3. The molecule has 0 bridgehead atoms. The molecule has 0 saturated heterocycles. The van der Waals surface area contributed by atoms with Crippen molar-refractivity contribution in [3.63, 3.8) is 0 Å². The number of nitrogens with two attached hydrogens (primary N) is 1. The molecule has 1 nitrogen and oxygen atoms in total. The highest BCUT2D eigenvalue weighted by Crippen LogP contribution is 2.40. The van der Waals surface area contributed by atoms with E-state index in [1.807, 2.05) is 0 Å². The predicted octanol–water partition coefficient (Wildman–Crippen LogP) is 3.23. The molecule has 0 amide bonds. The van der Waals surface area contributed by atoms with Crippen LogP contribution in [0, 0.1) is 11.8 Å². The van der Waals surface area contributed by atoms with Gasteiger partial charge in [-0.1, -0.05) is 25.1 Å². The predicted molar refractivity (Wildman–Crippen MR) is 60.4 cm³/mol. The van der Waals surface area contributed by atoms with Gasteiger partial charge in [-0.3, -0.25) is 0 Å². The summed E-state index contributed by atoms with van der Waals surface area (Å²) in [7, 11) is 0. The third kappa shape index (κ3) is 3.00. The van der Waals surface area contributed by atoms with Crippen molar-refractivity contribution >= 4 is 0 Å². The Kier molecular flexibility index (Phi) is 3.17. The summed E-state index contributed by atoms with van der Waals surface area (Å²) in [6.45, 7) is 2.12. The summed E-state index contributed by atoms with van der Waals surface area (Å²) in [5.74, 6) is 1.10. The fraction of sp³-hybridized carbons (Fsp3) is 0.538. The topological polar surface area (TPSA) is 26.0 Å². The standard InChI is InChI=1S/C13H16F3N/c1-8-5-11(8)12(17)7-9-3-2-4-10(6-9)13(14,15)16/h2-4,6,8,11-12H,5,7,17H2,1H3. The van der Waals surface area contributed by atoms with E-state index in [0.29, 0.717) is 23.8 Å². The van der Waals surface area contributed by atoms with Crippen LogP contribution in [0.2, 0.25) is 0 Å². The molecule has 0 heterocycles. The Balaban J connectivity index is 2.06.